The zero-order valence-corrected chi connectivity index (χ0v) is 14.2. The summed E-state index contributed by atoms with van der Waals surface area (Å²) in [6.45, 7) is 7.99. The Morgan fingerprint density at radius 3 is 2.77 bits per heavy atom. The maximum Gasteiger partial charge on any atom is 0.247 e. The van der Waals surface area contributed by atoms with Gasteiger partial charge >= 0.3 is 0 Å². The molecule has 1 saturated heterocycles. The highest BCUT2D eigenvalue weighted by molar-refractivity contribution is 7.99. The maximum absolute atomic E-state index is 12.4. The largest absolute Gasteiger partial charge is 0.356 e. The number of aryl methyl sites for hydroxylation is 1. The molecule has 2 N–H and O–H groups in total. The zero-order valence-electron chi connectivity index (χ0n) is 13.3. The molecule has 0 bridgehead atoms. The van der Waals surface area contributed by atoms with E-state index >= 15 is 0 Å². The van der Waals surface area contributed by atoms with E-state index < -0.39 is 0 Å². The second-order valence-corrected chi connectivity index (χ2v) is 7.14. The van der Waals surface area contributed by atoms with Gasteiger partial charge in [0.15, 0.2) is 11.6 Å². The first-order valence-corrected chi connectivity index (χ1v) is 9.04. The summed E-state index contributed by atoms with van der Waals surface area (Å²) < 4.78 is 0. The van der Waals surface area contributed by atoms with Crippen LogP contribution >= 0.6 is 11.8 Å². The lowest BCUT2D eigenvalue weighted by Crippen LogP contribution is -2.44. The van der Waals surface area contributed by atoms with E-state index in [0.29, 0.717) is 0 Å². The van der Waals surface area contributed by atoms with E-state index in [-0.39, 0.29) is 17.9 Å². The minimum atomic E-state index is -0.225. The van der Waals surface area contributed by atoms with Crippen molar-refractivity contribution in [1.82, 2.24) is 9.97 Å². The Bertz CT molecular complexity index is 573. The second-order valence-electron chi connectivity index (χ2n) is 5.91. The van der Waals surface area contributed by atoms with E-state index in [1.54, 1.807) is 0 Å². The third-order valence-electron chi connectivity index (χ3n) is 4.35. The molecule has 6 nitrogen and oxygen atoms in total. The van der Waals surface area contributed by atoms with Gasteiger partial charge in [-0.2, -0.15) is 11.8 Å². The summed E-state index contributed by atoms with van der Waals surface area (Å²) in [5.41, 5.74) is 0.738. The fourth-order valence-corrected chi connectivity index (χ4v) is 3.73. The Morgan fingerprint density at radius 2 is 2.09 bits per heavy atom. The van der Waals surface area contributed by atoms with Crippen molar-refractivity contribution in [2.24, 2.45) is 5.92 Å². The van der Waals surface area contributed by atoms with Gasteiger partial charge in [-0.3, -0.25) is 4.79 Å². The standard InChI is InChI=1S/C15H23N5OS/c1-4-9(2)11-15(21)19-12-13(18-11)16-10(3)17-14(12)20-5-7-22-8-6-20/h9,11H,4-8H2,1-3H3,(H,19,21)(H,16,17,18). The number of carbonyl (C=O) groups excluding carboxylic acids is 1. The van der Waals surface area contributed by atoms with Gasteiger partial charge in [0.1, 0.15) is 17.6 Å². The van der Waals surface area contributed by atoms with Gasteiger partial charge in [-0.1, -0.05) is 20.3 Å². The van der Waals surface area contributed by atoms with Crippen molar-refractivity contribution in [3.63, 3.8) is 0 Å². The van der Waals surface area contributed by atoms with Crippen LogP contribution in [0.15, 0.2) is 0 Å². The van der Waals surface area contributed by atoms with Crippen molar-refractivity contribution < 1.29 is 4.79 Å². The zero-order chi connectivity index (χ0) is 15.7. The minimum Gasteiger partial charge on any atom is -0.356 e. The topological polar surface area (TPSA) is 70.2 Å². The number of carbonyl (C=O) groups is 1. The molecule has 2 atom stereocenters. The molecule has 2 aliphatic heterocycles. The first-order chi connectivity index (χ1) is 10.6. The first-order valence-electron chi connectivity index (χ1n) is 7.89. The highest BCUT2D eigenvalue weighted by Gasteiger charge is 2.33. The molecular formula is C15H23N5OS. The van der Waals surface area contributed by atoms with Crippen LogP contribution in [0.2, 0.25) is 0 Å². The van der Waals surface area contributed by atoms with Crippen molar-refractivity contribution in [1.29, 1.82) is 0 Å². The number of nitrogens with zero attached hydrogens (tertiary/aromatic N) is 3. The Balaban J connectivity index is 1.95. The molecule has 2 aliphatic rings. The SMILES string of the molecule is CCC(C)C1Nc2nc(C)nc(N3CCSCC3)c2NC1=O. The Hall–Kier alpha value is -1.50. The van der Waals surface area contributed by atoms with Gasteiger partial charge in [0, 0.05) is 24.6 Å². The summed E-state index contributed by atoms with van der Waals surface area (Å²) >= 11 is 1.95. The Labute approximate surface area is 135 Å². The molecule has 0 aliphatic carbocycles. The lowest BCUT2D eigenvalue weighted by atomic mass is 9.97. The van der Waals surface area contributed by atoms with E-state index in [9.17, 15) is 4.79 Å². The molecule has 0 saturated carbocycles. The van der Waals surface area contributed by atoms with Crippen molar-refractivity contribution in [3.8, 4) is 0 Å². The molecule has 0 radical (unpaired) electrons. The molecule has 3 heterocycles. The van der Waals surface area contributed by atoms with Crippen LogP contribution in [0, 0.1) is 12.8 Å². The first kappa shape index (κ1) is 15.4. The minimum absolute atomic E-state index is 0.0157. The number of hydrogen-bond acceptors (Lipinski definition) is 6. The van der Waals surface area contributed by atoms with Gasteiger partial charge in [0.05, 0.1) is 0 Å². The lowest BCUT2D eigenvalue weighted by molar-refractivity contribution is -0.118. The summed E-state index contributed by atoms with van der Waals surface area (Å²) in [6.07, 6.45) is 0.945. The van der Waals surface area contributed by atoms with Crippen LogP contribution in [0.1, 0.15) is 26.1 Å². The van der Waals surface area contributed by atoms with E-state index in [4.69, 9.17) is 0 Å². The number of fused-ring (bicyclic) bond motifs is 1. The molecule has 0 spiro atoms. The monoisotopic (exact) mass is 321 g/mol. The van der Waals surface area contributed by atoms with Crippen molar-refractivity contribution >= 4 is 35.0 Å². The number of nitrogens with one attached hydrogen (secondary N) is 2. The predicted molar refractivity (Wildman–Crippen MR) is 91.8 cm³/mol. The number of rotatable bonds is 3. The van der Waals surface area contributed by atoms with Crippen LogP contribution < -0.4 is 15.5 Å². The number of anilines is 3. The van der Waals surface area contributed by atoms with Crippen molar-refractivity contribution in [3.05, 3.63) is 5.82 Å². The molecule has 22 heavy (non-hydrogen) atoms. The summed E-state index contributed by atoms with van der Waals surface area (Å²) in [5.74, 6) is 4.80. The summed E-state index contributed by atoms with van der Waals surface area (Å²) in [4.78, 5) is 23.8. The average Bonchev–Trinajstić information content (AvgIpc) is 2.54. The van der Waals surface area contributed by atoms with E-state index in [0.717, 1.165) is 54.2 Å². The summed E-state index contributed by atoms with van der Waals surface area (Å²) in [7, 11) is 0. The maximum atomic E-state index is 12.4. The van der Waals surface area contributed by atoms with Crippen LogP contribution in [0.25, 0.3) is 0 Å². The number of aromatic nitrogens is 2. The third-order valence-corrected chi connectivity index (χ3v) is 5.29. The quantitative estimate of drug-likeness (QED) is 0.889. The highest BCUT2D eigenvalue weighted by atomic mass is 32.2. The Kier molecular flexibility index (Phi) is 4.42. The van der Waals surface area contributed by atoms with Crippen LogP contribution in [-0.2, 0) is 4.79 Å². The lowest BCUT2D eigenvalue weighted by Gasteiger charge is -2.34. The van der Waals surface area contributed by atoms with Gasteiger partial charge in [-0.15, -0.1) is 0 Å². The molecule has 2 unspecified atom stereocenters. The Morgan fingerprint density at radius 1 is 1.36 bits per heavy atom. The van der Waals surface area contributed by atoms with Crippen LogP contribution in [0.4, 0.5) is 17.3 Å². The smallest absolute Gasteiger partial charge is 0.247 e. The van der Waals surface area contributed by atoms with Gasteiger partial charge < -0.3 is 15.5 Å². The van der Waals surface area contributed by atoms with Gasteiger partial charge in [0.2, 0.25) is 5.91 Å². The predicted octanol–water partition coefficient (Wildman–Crippen LogP) is 2.12. The molecule has 3 rings (SSSR count). The van der Waals surface area contributed by atoms with Gasteiger partial charge in [-0.05, 0) is 12.8 Å². The third kappa shape index (κ3) is 2.86. The fraction of sp³-hybridized carbons (Fsp3) is 0.667. The molecule has 0 aromatic carbocycles. The normalized spacial score (nSPS) is 22.6. The van der Waals surface area contributed by atoms with Crippen molar-refractivity contribution in [2.75, 3.05) is 40.1 Å². The molecule has 1 fully saturated rings. The van der Waals surface area contributed by atoms with Gasteiger partial charge in [-0.25, -0.2) is 9.97 Å². The van der Waals surface area contributed by atoms with Crippen LogP contribution in [0.5, 0.6) is 0 Å². The molecule has 1 aromatic rings. The summed E-state index contributed by atoms with van der Waals surface area (Å²) in [6, 6.07) is -0.225. The number of hydrogen-bond donors (Lipinski definition) is 2. The molecular weight excluding hydrogens is 298 g/mol. The number of amides is 1. The molecule has 7 heteroatoms. The van der Waals surface area contributed by atoms with Crippen LogP contribution in [-0.4, -0.2) is 46.5 Å². The molecule has 1 aromatic heterocycles. The fourth-order valence-electron chi connectivity index (χ4n) is 2.83. The second kappa shape index (κ2) is 6.32. The highest BCUT2D eigenvalue weighted by Crippen LogP contribution is 2.36. The van der Waals surface area contributed by atoms with Crippen molar-refractivity contribution in [2.45, 2.75) is 33.2 Å². The number of thioether (sulfide) groups is 1. The molecule has 1 amide bonds. The summed E-state index contributed by atoms with van der Waals surface area (Å²) in [5, 5.41) is 6.37. The van der Waals surface area contributed by atoms with Crippen LogP contribution in [0.3, 0.4) is 0 Å². The van der Waals surface area contributed by atoms with Gasteiger partial charge in [0.25, 0.3) is 0 Å². The average molecular weight is 321 g/mol. The van der Waals surface area contributed by atoms with E-state index in [1.165, 1.54) is 0 Å². The van der Waals surface area contributed by atoms with E-state index in [1.807, 2.05) is 18.7 Å². The molecule has 120 valence electrons. The van der Waals surface area contributed by atoms with E-state index in [2.05, 4.69) is 39.3 Å².